The highest BCUT2D eigenvalue weighted by Crippen LogP contribution is 2.31. The summed E-state index contributed by atoms with van der Waals surface area (Å²) in [6.07, 6.45) is 2.30. The smallest absolute Gasteiger partial charge is 0.244 e. The Morgan fingerprint density at radius 1 is 1.27 bits per heavy atom. The van der Waals surface area contributed by atoms with E-state index < -0.39 is 6.04 Å². The van der Waals surface area contributed by atoms with Gasteiger partial charge >= 0.3 is 0 Å². The second-order valence-corrected chi connectivity index (χ2v) is 6.96. The van der Waals surface area contributed by atoms with Gasteiger partial charge in [0.15, 0.2) is 0 Å². The predicted octanol–water partition coefficient (Wildman–Crippen LogP) is 2.87. The minimum Gasteiger partial charge on any atom is -0.508 e. The first-order valence-corrected chi connectivity index (χ1v) is 8.93. The van der Waals surface area contributed by atoms with Crippen LogP contribution >= 0.6 is 0 Å². The Labute approximate surface area is 154 Å². The minimum absolute atomic E-state index is 0.0667. The average Bonchev–Trinajstić information content (AvgIpc) is 2.62. The fraction of sp³-hybridized carbons (Fsp3) is 0.381. The highest BCUT2D eigenvalue weighted by Gasteiger charge is 2.27. The molecule has 0 spiro atoms. The Hall–Kier alpha value is -2.53. The van der Waals surface area contributed by atoms with Crippen molar-refractivity contribution in [1.29, 1.82) is 0 Å². The summed E-state index contributed by atoms with van der Waals surface area (Å²) in [7, 11) is 1.64. The molecular formula is C21H26N2O3. The molecule has 0 saturated heterocycles. The highest BCUT2D eigenvalue weighted by molar-refractivity contribution is 5.98. The van der Waals surface area contributed by atoms with E-state index in [2.05, 4.69) is 0 Å². The van der Waals surface area contributed by atoms with E-state index in [-0.39, 0.29) is 11.7 Å². The molecule has 0 fully saturated rings. The number of phenols is 1. The molecule has 0 bridgehead atoms. The van der Waals surface area contributed by atoms with Gasteiger partial charge in [-0.3, -0.25) is 4.79 Å². The fourth-order valence-corrected chi connectivity index (χ4v) is 3.73. The van der Waals surface area contributed by atoms with Gasteiger partial charge in [-0.25, -0.2) is 0 Å². The van der Waals surface area contributed by atoms with E-state index in [4.69, 9.17) is 10.5 Å². The number of carbonyl (C=O) groups excluding carboxylic acids is 1. The summed E-state index contributed by atoms with van der Waals surface area (Å²) in [5.41, 5.74) is 11.3. The number of nitrogens with two attached hydrogens (primary N) is 1. The molecule has 26 heavy (non-hydrogen) atoms. The lowest BCUT2D eigenvalue weighted by Gasteiger charge is -2.32. The van der Waals surface area contributed by atoms with Crippen molar-refractivity contribution in [3.05, 3.63) is 52.6 Å². The molecule has 1 heterocycles. The normalized spacial score (nSPS) is 14.7. The summed E-state index contributed by atoms with van der Waals surface area (Å²) in [6.45, 7) is 4.54. The molecule has 3 rings (SSSR count). The summed E-state index contributed by atoms with van der Waals surface area (Å²) < 4.78 is 5.29. The quantitative estimate of drug-likeness (QED) is 0.885. The van der Waals surface area contributed by atoms with Crippen molar-refractivity contribution in [2.24, 2.45) is 5.73 Å². The first-order valence-electron chi connectivity index (χ1n) is 8.93. The van der Waals surface area contributed by atoms with Gasteiger partial charge in [0.25, 0.3) is 0 Å². The van der Waals surface area contributed by atoms with E-state index in [0.29, 0.717) is 13.0 Å². The van der Waals surface area contributed by atoms with Gasteiger partial charge in [-0.1, -0.05) is 0 Å². The van der Waals surface area contributed by atoms with E-state index in [1.54, 1.807) is 24.1 Å². The van der Waals surface area contributed by atoms with Gasteiger partial charge in [0.1, 0.15) is 11.5 Å². The number of rotatable bonds is 4. The van der Waals surface area contributed by atoms with Gasteiger partial charge in [0, 0.05) is 12.2 Å². The number of ether oxygens (including phenoxy) is 1. The van der Waals surface area contributed by atoms with Crippen LogP contribution in [-0.4, -0.2) is 30.7 Å². The van der Waals surface area contributed by atoms with Crippen molar-refractivity contribution < 1.29 is 14.6 Å². The molecule has 0 aliphatic carbocycles. The van der Waals surface area contributed by atoms with Crippen molar-refractivity contribution in [2.45, 2.75) is 39.2 Å². The van der Waals surface area contributed by atoms with Gasteiger partial charge < -0.3 is 20.5 Å². The Bertz CT molecular complexity index is 809. The molecular weight excluding hydrogens is 328 g/mol. The number of benzene rings is 2. The molecule has 3 N–H and O–H groups in total. The van der Waals surface area contributed by atoms with Crippen LogP contribution in [0.15, 0.2) is 30.3 Å². The average molecular weight is 354 g/mol. The van der Waals surface area contributed by atoms with Gasteiger partial charge in [-0.05, 0) is 85.7 Å². The summed E-state index contributed by atoms with van der Waals surface area (Å²) in [5, 5.41) is 9.70. The lowest BCUT2D eigenvalue weighted by atomic mass is 9.94. The first-order chi connectivity index (χ1) is 12.4. The van der Waals surface area contributed by atoms with Crippen molar-refractivity contribution in [1.82, 2.24) is 0 Å². The monoisotopic (exact) mass is 354 g/mol. The van der Waals surface area contributed by atoms with Crippen LogP contribution in [0.5, 0.6) is 11.5 Å². The molecule has 138 valence electrons. The van der Waals surface area contributed by atoms with Crippen LogP contribution in [0.3, 0.4) is 0 Å². The van der Waals surface area contributed by atoms with E-state index >= 15 is 0 Å². The van der Waals surface area contributed by atoms with E-state index in [0.717, 1.165) is 46.5 Å². The van der Waals surface area contributed by atoms with Gasteiger partial charge in [0.05, 0.1) is 13.2 Å². The van der Waals surface area contributed by atoms with Crippen LogP contribution in [0.1, 0.15) is 28.7 Å². The number of amides is 1. The number of fused-ring (bicyclic) bond motifs is 1. The maximum absolute atomic E-state index is 13.0. The van der Waals surface area contributed by atoms with Crippen LogP contribution in [0.4, 0.5) is 5.69 Å². The number of carbonyl (C=O) groups is 1. The number of aromatic hydroxyl groups is 1. The zero-order valence-electron chi connectivity index (χ0n) is 15.6. The molecule has 0 saturated carbocycles. The molecule has 1 atom stereocenters. The third-order valence-corrected chi connectivity index (χ3v) is 5.09. The number of anilines is 1. The SMILES string of the molecule is COc1ccc2c(c1)CCCN2C(=O)C(N)Cc1c(C)cc(O)cc1C. The molecule has 1 aliphatic rings. The molecule has 0 aromatic heterocycles. The first kappa shape index (κ1) is 18.3. The van der Waals surface area contributed by atoms with Crippen molar-refractivity contribution in [3.8, 4) is 11.5 Å². The van der Waals surface area contributed by atoms with Crippen LogP contribution in [0.25, 0.3) is 0 Å². The number of methoxy groups -OCH3 is 1. The van der Waals surface area contributed by atoms with Crippen molar-refractivity contribution >= 4 is 11.6 Å². The standard InChI is InChI=1S/C21H26N2O3/c1-13-9-16(24)10-14(2)18(13)12-19(22)21(25)23-8-4-5-15-11-17(26-3)6-7-20(15)23/h6-7,9-11,19,24H,4-5,8,12,22H2,1-3H3. The Balaban J connectivity index is 1.82. The maximum Gasteiger partial charge on any atom is 0.244 e. The van der Waals surface area contributed by atoms with Crippen molar-refractivity contribution in [2.75, 3.05) is 18.6 Å². The second kappa shape index (κ2) is 7.38. The van der Waals surface area contributed by atoms with Gasteiger partial charge in [-0.2, -0.15) is 0 Å². The molecule has 5 heteroatoms. The number of aryl methyl sites for hydroxylation is 3. The van der Waals surface area contributed by atoms with Crippen LogP contribution < -0.4 is 15.4 Å². The van der Waals surface area contributed by atoms with Crippen LogP contribution in [-0.2, 0) is 17.6 Å². The van der Waals surface area contributed by atoms with E-state index in [1.807, 2.05) is 32.0 Å². The third-order valence-electron chi connectivity index (χ3n) is 5.09. The largest absolute Gasteiger partial charge is 0.508 e. The highest BCUT2D eigenvalue weighted by atomic mass is 16.5. The van der Waals surface area contributed by atoms with Crippen LogP contribution in [0, 0.1) is 13.8 Å². The molecule has 1 amide bonds. The summed E-state index contributed by atoms with van der Waals surface area (Å²) in [4.78, 5) is 14.8. The van der Waals surface area contributed by atoms with Crippen LogP contribution in [0.2, 0.25) is 0 Å². The molecule has 2 aromatic rings. The fourth-order valence-electron chi connectivity index (χ4n) is 3.73. The lowest BCUT2D eigenvalue weighted by Crippen LogP contribution is -2.47. The van der Waals surface area contributed by atoms with Gasteiger partial charge in [-0.15, -0.1) is 0 Å². The Morgan fingerprint density at radius 3 is 2.62 bits per heavy atom. The zero-order chi connectivity index (χ0) is 18.8. The zero-order valence-corrected chi connectivity index (χ0v) is 15.6. The van der Waals surface area contributed by atoms with E-state index in [9.17, 15) is 9.90 Å². The number of phenolic OH excluding ortho intramolecular Hbond substituents is 1. The van der Waals surface area contributed by atoms with Crippen molar-refractivity contribution in [3.63, 3.8) is 0 Å². The summed E-state index contributed by atoms with van der Waals surface area (Å²) >= 11 is 0. The van der Waals surface area contributed by atoms with Gasteiger partial charge in [0.2, 0.25) is 5.91 Å². The maximum atomic E-state index is 13.0. The summed E-state index contributed by atoms with van der Waals surface area (Å²) in [6, 6.07) is 8.61. The Kier molecular flexibility index (Phi) is 5.18. The predicted molar refractivity (Wildman–Crippen MR) is 103 cm³/mol. The number of hydrogen-bond donors (Lipinski definition) is 2. The Morgan fingerprint density at radius 2 is 1.96 bits per heavy atom. The third kappa shape index (κ3) is 3.53. The molecule has 1 unspecified atom stereocenters. The molecule has 1 aliphatic heterocycles. The summed E-state index contributed by atoms with van der Waals surface area (Å²) in [5.74, 6) is 0.975. The number of hydrogen-bond acceptors (Lipinski definition) is 4. The number of nitrogens with zero attached hydrogens (tertiary/aromatic N) is 1. The second-order valence-electron chi connectivity index (χ2n) is 6.96. The lowest BCUT2D eigenvalue weighted by molar-refractivity contribution is -0.119. The topological polar surface area (TPSA) is 75.8 Å². The molecule has 2 aromatic carbocycles. The molecule has 0 radical (unpaired) electrons. The minimum atomic E-state index is -0.620. The molecule has 5 nitrogen and oxygen atoms in total. The van der Waals surface area contributed by atoms with E-state index in [1.165, 1.54) is 0 Å².